The fourth-order valence-electron chi connectivity index (χ4n) is 1.93. The van der Waals surface area contributed by atoms with E-state index in [4.69, 9.17) is 10.9 Å². The van der Waals surface area contributed by atoms with E-state index in [1.807, 2.05) is 11.8 Å². The van der Waals surface area contributed by atoms with Crippen LogP contribution in [0, 0.1) is 0 Å². The van der Waals surface area contributed by atoms with Gasteiger partial charge in [0.1, 0.15) is 11.2 Å². The summed E-state index contributed by atoms with van der Waals surface area (Å²) in [7, 11) is -3.10. The van der Waals surface area contributed by atoms with E-state index in [0.29, 0.717) is 18.7 Å². The first-order valence-electron chi connectivity index (χ1n) is 5.35. The van der Waals surface area contributed by atoms with Crippen LogP contribution in [0.15, 0.2) is 5.16 Å². The Balaban J connectivity index is 2.78. The van der Waals surface area contributed by atoms with Crippen molar-refractivity contribution in [2.75, 3.05) is 24.3 Å². The van der Waals surface area contributed by atoms with Gasteiger partial charge in [0.05, 0.1) is 0 Å². The number of thioether (sulfide) groups is 1. The molecule has 0 aromatic carbocycles. The molecular weight excluding hydrogens is 262 g/mol. The third-order valence-corrected chi connectivity index (χ3v) is 5.48. The van der Waals surface area contributed by atoms with Crippen molar-refractivity contribution in [3.8, 4) is 0 Å². The van der Waals surface area contributed by atoms with Gasteiger partial charge in [0.25, 0.3) is 0 Å². The van der Waals surface area contributed by atoms with Gasteiger partial charge in [0, 0.05) is 36.8 Å². The first-order chi connectivity index (χ1) is 7.86. The van der Waals surface area contributed by atoms with E-state index in [1.165, 1.54) is 6.26 Å². The van der Waals surface area contributed by atoms with E-state index in [0.717, 1.165) is 5.75 Å². The lowest BCUT2D eigenvalue weighted by Crippen LogP contribution is -2.51. The summed E-state index contributed by atoms with van der Waals surface area (Å²) in [6.45, 7) is 2.61. The maximum Gasteiger partial charge on any atom is 0.164 e. The standard InChI is InChI=1S/C9H19N3O3S2/c1-7(5-8(10)11-13)12-3-4-16-6-9(12)17(2,14)15/h7,9,13H,3-6H2,1-2H3,(H2,10,11). The van der Waals surface area contributed by atoms with Gasteiger partial charge in [-0.2, -0.15) is 11.8 Å². The second kappa shape index (κ2) is 5.92. The van der Waals surface area contributed by atoms with Gasteiger partial charge in [-0.25, -0.2) is 8.42 Å². The molecule has 6 nitrogen and oxygen atoms in total. The number of hydrogen-bond donors (Lipinski definition) is 2. The fourth-order valence-corrected chi connectivity index (χ4v) is 4.91. The minimum atomic E-state index is -3.10. The molecule has 2 atom stereocenters. The predicted molar refractivity (Wildman–Crippen MR) is 70.2 cm³/mol. The lowest BCUT2D eigenvalue weighted by molar-refractivity contribution is 0.207. The third-order valence-electron chi connectivity index (χ3n) is 2.82. The summed E-state index contributed by atoms with van der Waals surface area (Å²) in [5.41, 5.74) is 5.45. The molecule has 1 fully saturated rings. The normalized spacial score (nSPS) is 25.8. The van der Waals surface area contributed by atoms with Crippen molar-refractivity contribution in [3.05, 3.63) is 0 Å². The molecule has 0 bridgehead atoms. The summed E-state index contributed by atoms with van der Waals surface area (Å²) < 4.78 is 23.4. The molecule has 100 valence electrons. The smallest absolute Gasteiger partial charge is 0.164 e. The number of nitrogens with zero attached hydrogens (tertiary/aromatic N) is 2. The van der Waals surface area contributed by atoms with Crippen LogP contribution < -0.4 is 5.73 Å². The molecule has 1 aliphatic heterocycles. The van der Waals surface area contributed by atoms with Gasteiger partial charge < -0.3 is 10.9 Å². The number of amidine groups is 1. The van der Waals surface area contributed by atoms with Crippen LogP contribution in [0.2, 0.25) is 0 Å². The topological polar surface area (TPSA) is 96.0 Å². The average molecular weight is 281 g/mol. The van der Waals surface area contributed by atoms with E-state index in [1.54, 1.807) is 11.8 Å². The zero-order valence-electron chi connectivity index (χ0n) is 10.0. The zero-order valence-corrected chi connectivity index (χ0v) is 11.7. The molecule has 0 aromatic heterocycles. The molecule has 0 aromatic rings. The number of sulfone groups is 1. The molecule has 0 amide bonds. The van der Waals surface area contributed by atoms with E-state index in [2.05, 4.69) is 5.16 Å². The first-order valence-corrected chi connectivity index (χ1v) is 8.46. The summed E-state index contributed by atoms with van der Waals surface area (Å²) in [6.07, 6.45) is 1.62. The van der Waals surface area contributed by atoms with Crippen LogP contribution in [-0.4, -0.2) is 60.1 Å². The second-order valence-electron chi connectivity index (χ2n) is 4.24. The third kappa shape index (κ3) is 4.04. The Morgan fingerprint density at radius 2 is 2.35 bits per heavy atom. The van der Waals surface area contributed by atoms with Crippen LogP contribution in [0.1, 0.15) is 13.3 Å². The van der Waals surface area contributed by atoms with Crippen LogP contribution in [0.4, 0.5) is 0 Å². The molecule has 2 unspecified atom stereocenters. The quantitative estimate of drug-likeness (QED) is 0.324. The first kappa shape index (κ1) is 14.6. The van der Waals surface area contributed by atoms with Gasteiger partial charge >= 0.3 is 0 Å². The highest BCUT2D eigenvalue weighted by Gasteiger charge is 2.33. The summed E-state index contributed by atoms with van der Waals surface area (Å²) in [5, 5.41) is 11.0. The number of nitrogens with two attached hydrogens (primary N) is 1. The summed E-state index contributed by atoms with van der Waals surface area (Å²) in [6, 6.07) is -0.0495. The van der Waals surface area contributed by atoms with Crippen LogP contribution in [0.5, 0.6) is 0 Å². The Hall–Kier alpha value is -0.470. The minimum Gasteiger partial charge on any atom is -0.409 e. The van der Waals surface area contributed by atoms with Crippen LogP contribution in [0.3, 0.4) is 0 Å². The van der Waals surface area contributed by atoms with Gasteiger partial charge in [-0.05, 0) is 6.92 Å². The van der Waals surface area contributed by atoms with Crippen molar-refractivity contribution in [1.29, 1.82) is 0 Å². The SMILES string of the molecule is CC(C/C(N)=N/O)N1CCSCC1S(C)(=O)=O. The van der Waals surface area contributed by atoms with Crippen molar-refractivity contribution in [2.24, 2.45) is 10.9 Å². The highest BCUT2D eigenvalue weighted by atomic mass is 32.2. The fraction of sp³-hybridized carbons (Fsp3) is 0.889. The lowest BCUT2D eigenvalue weighted by atomic mass is 10.2. The van der Waals surface area contributed by atoms with Gasteiger partial charge in [-0.15, -0.1) is 0 Å². The molecule has 3 N–H and O–H groups in total. The molecule has 1 aliphatic rings. The number of rotatable bonds is 4. The Labute approximate surface area is 106 Å². The highest BCUT2D eigenvalue weighted by Crippen LogP contribution is 2.23. The Kier molecular flexibility index (Phi) is 5.08. The number of oxime groups is 1. The maximum absolute atomic E-state index is 11.7. The minimum absolute atomic E-state index is 0.0495. The monoisotopic (exact) mass is 281 g/mol. The van der Waals surface area contributed by atoms with Gasteiger partial charge in [0.2, 0.25) is 0 Å². The zero-order chi connectivity index (χ0) is 13.1. The molecular formula is C9H19N3O3S2. The van der Waals surface area contributed by atoms with Crippen LogP contribution in [0.25, 0.3) is 0 Å². The highest BCUT2D eigenvalue weighted by molar-refractivity contribution is 8.00. The summed E-state index contributed by atoms with van der Waals surface area (Å²) in [4.78, 5) is 1.92. The van der Waals surface area contributed by atoms with Gasteiger partial charge in [0.15, 0.2) is 9.84 Å². The van der Waals surface area contributed by atoms with Gasteiger partial charge in [-0.1, -0.05) is 5.16 Å². The molecule has 0 saturated carbocycles. The Morgan fingerprint density at radius 1 is 1.71 bits per heavy atom. The number of hydrogen-bond acceptors (Lipinski definition) is 6. The molecule has 0 aliphatic carbocycles. The van der Waals surface area contributed by atoms with Crippen molar-refractivity contribution in [2.45, 2.75) is 24.8 Å². The van der Waals surface area contributed by atoms with E-state index >= 15 is 0 Å². The van der Waals surface area contributed by atoms with E-state index < -0.39 is 15.2 Å². The summed E-state index contributed by atoms with van der Waals surface area (Å²) in [5.74, 6) is 1.62. The molecule has 1 saturated heterocycles. The Bertz CT molecular complexity index is 383. The van der Waals surface area contributed by atoms with Crippen molar-refractivity contribution in [3.63, 3.8) is 0 Å². The van der Waals surface area contributed by atoms with Crippen molar-refractivity contribution < 1.29 is 13.6 Å². The van der Waals surface area contributed by atoms with Crippen molar-refractivity contribution in [1.82, 2.24) is 4.90 Å². The maximum atomic E-state index is 11.7. The second-order valence-corrected chi connectivity index (χ2v) is 7.59. The molecule has 0 spiro atoms. The van der Waals surface area contributed by atoms with E-state index in [9.17, 15) is 8.42 Å². The molecule has 8 heteroatoms. The summed E-state index contributed by atoms with van der Waals surface area (Å²) >= 11 is 1.64. The van der Waals surface area contributed by atoms with Crippen LogP contribution >= 0.6 is 11.8 Å². The van der Waals surface area contributed by atoms with Gasteiger partial charge in [-0.3, -0.25) is 4.90 Å². The largest absolute Gasteiger partial charge is 0.409 e. The molecule has 17 heavy (non-hydrogen) atoms. The molecule has 1 heterocycles. The average Bonchev–Trinajstić information content (AvgIpc) is 2.27. The predicted octanol–water partition coefficient (Wildman–Crippen LogP) is -0.0691. The van der Waals surface area contributed by atoms with Crippen LogP contribution in [-0.2, 0) is 9.84 Å². The lowest BCUT2D eigenvalue weighted by Gasteiger charge is -2.38. The molecule has 1 rings (SSSR count). The van der Waals surface area contributed by atoms with Crippen molar-refractivity contribution >= 4 is 27.4 Å². The van der Waals surface area contributed by atoms with E-state index in [-0.39, 0.29) is 11.9 Å². The Morgan fingerprint density at radius 3 is 2.88 bits per heavy atom. The molecule has 0 radical (unpaired) electrons.